The van der Waals surface area contributed by atoms with E-state index in [1.165, 1.54) is 0 Å². The van der Waals surface area contributed by atoms with Crippen LogP contribution in [-0.4, -0.2) is 23.3 Å². The van der Waals surface area contributed by atoms with Crippen LogP contribution >= 0.6 is 0 Å². The Balaban J connectivity index is 2.09. The Morgan fingerprint density at radius 2 is 2.35 bits per heavy atom. The smallest absolute Gasteiger partial charge is 0.298 e. The lowest BCUT2D eigenvalue weighted by molar-refractivity contribution is 0.345. The van der Waals surface area contributed by atoms with E-state index in [2.05, 4.69) is 4.98 Å². The molecule has 3 rings (SSSR count). The standard InChI is InChI=1S/C12H13N3O2/c1-16-9-4-2-3-8(7-9)10-11(13)15-5-6-17-12(15)14-10/h2-4,7H,5-6,13H2,1H3. The number of ether oxygens (including phenoxy) is 2. The normalized spacial score (nSPS) is 13.2. The molecule has 0 atom stereocenters. The number of methoxy groups -OCH3 is 1. The zero-order valence-corrected chi connectivity index (χ0v) is 9.51. The molecule has 0 saturated carbocycles. The minimum atomic E-state index is 0.598. The summed E-state index contributed by atoms with van der Waals surface area (Å²) >= 11 is 0. The molecule has 2 N–H and O–H groups in total. The zero-order chi connectivity index (χ0) is 11.8. The molecule has 88 valence electrons. The molecular weight excluding hydrogens is 218 g/mol. The number of benzene rings is 1. The average Bonchev–Trinajstić information content (AvgIpc) is 2.93. The van der Waals surface area contributed by atoms with Crippen LogP contribution in [0.1, 0.15) is 0 Å². The van der Waals surface area contributed by atoms with Crippen molar-refractivity contribution in [3.05, 3.63) is 24.3 Å². The van der Waals surface area contributed by atoms with Crippen LogP contribution in [0.3, 0.4) is 0 Å². The summed E-state index contributed by atoms with van der Waals surface area (Å²) in [4.78, 5) is 4.40. The van der Waals surface area contributed by atoms with Crippen molar-refractivity contribution in [2.45, 2.75) is 6.54 Å². The van der Waals surface area contributed by atoms with Gasteiger partial charge >= 0.3 is 0 Å². The molecule has 1 aliphatic rings. The molecule has 1 aromatic heterocycles. The van der Waals surface area contributed by atoms with Gasteiger partial charge in [-0.1, -0.05) is 12.1 Å². The van der Waals surface area contributed by atoms with Gasteiger partial charge in [0.25, 0.3) is 6.01 Å². The highest BCUT2D eigenvalue weighted by atomic mass is 16.5. The van der Waals surface area contributed by atoms with Gasteiger partial charge < -0.3 is 15.2 Å². The highest BCUT2D eigenvalue weighted by molar-refractivity contribution is 5.72. The molecule has 0 fully saturated rings. The van der Waals surface area contributed by atoms with E-state index in [-0.39, 0.29) is 0 Å². The first-order valence-electron chi connectivity index (χ1n) is 5.43. The van der Waals surface area contributed by atoms with Crippen molar-refractivity contribution >= 4 is 5.82 Å². The Bertz CT molecular complexity index is 563. The highest BCUT2D eigenvalue weighted by Crippen LogP contribution is 2.33. The Labute approximate surface area is 98.8 Å². The zero-order valence-electron chi connectivity index (χ0n) is 9.51. The lowest BCUT2D eigenvalue weighted by Gasteiger charge is -2.03. The first-order chi connectivity index (χ1) is 8.29. The maximum absolute atomic E-state index is 6.06. The van der Waals surface area contributed by atoms with Gasteiger partial charge in [-0.15, -0.1) is 0 Å². The van der Waals surface area contributed by atoms with Gasteiger partial charge in [0.2, 0.25) is 0 Å². The molecule has 0 unspecified atom stereocenters. The van der Waals surface area contributed by atoms with E-state index in [4.69, 9.17) is 15.2 Å². The van der Waals surface area contributed by atoms with E-state index in [0.29, 0.717) is 18.4 Å². The van der Waals surface area contributed by atoms with E-state index < -0.39 is 0 Å². The molecule has 1 aliphatic heterocycles. The number of hydrogen-bond acceptors (Lipinski definition) is 4. The summed E-state index contributed by atoms with van der Waals surface area (Å²) < 4.78 is 12.4. The minimum absolute atomic E-state index is 0.598. The fourth-order valence-corrected chi connectivity index (χ4v) is 1.98. The number of aromatic nitrogens is 2. The molecule has 0 aliphatic carbocycles. The number of nitrogens with two attached hydrogens (primary N) is 1. The van der Waals surface area contributed by atoms with Gasteiger partial charge in [-0.25, -0.2) is 0 Å². The summed E-state index contributed by atoms with van der Waals surface area (Å²) in [5.74, 6) is 1.43. The van der Waals surface area contributed by atoms with E-state index in [1.54, 1.807) is 7.11 Å². The van der Waals surface area contributed by atoms with E-state index in [0.717, 1.165) is 23.6 Å². The molecule has 5 nitrogen and oxygen atoms in total. The monoisotopic (exact) mass is 231 g/mol. The molecule has 0 amide bonds. The summed E-state index contributed by atoms with van der Waals surface area (Å²) in [5.41, 5.74) is 7.74. The molecule has 0 bridgehead atoms. The van der Waals surface area contributed by atoms with Crippen molar-refractivity contribution < 1.29 is 9.47 Å². The fraction of sp³-hybridized carbons (Fsp3) is 0.250. The van der Waals surface area contributed by atoms with Crippen LogP contribution in [0, 0.1) is 0 Å². The van der Waals surface area contributed by atoms with Crippen molar-refractivity contribution in [3.63, 3.8) is 0 Å². The van der Waals surface area contributed by atoms with Gasteiger partial charge in [-0.3, -0.25) is 4.57 Å². The molecule has 17 heavy (non-hydrogen) atoms. The second kappa shape index (κ2) is 3.69. The Hall–Kier alpha value is -2.17. The number of nitrogen functional groups attached to an aromatic ring is 1. The van der Waals surface area contributed by atoms with Gasteiger partial charge in [0.15, 0.2) is 0 Å². The van der Waals surface area contributed by atoms with Crippen molar-refractivity contribution in [2.24, 2.45) is 0 Å². The summed E-state index contributed by atoms with van der Waals surface area (Å²) in [5, 5.41) is 0. The van der Waals surface area contributed by atoms with Gasteiger partial charge in [-0.2, -0.15) is 4.98 Å². The van der Waals surface area contributed by atoms with Crippen LogP contribution in [0.25, 0.3) is 11.3 Å². The molecular formula is C12H13N3O2. The van der Waals surface area contributed by atoms with Crippen LogP contribution in [0.5, 0.6) is 11.8 Å². The number of fused-ring (bicyclic) bond motifs is 1. The first kappa shape index (κ1) is 10.0. The van der Waals surface area contributed by atoms with E-state index in [1.807, 2.05) is 28.8 Å². The number of imidazole rings is 1. The molecule has 0 saturated heterocycles. The maximum Gasteiger partial charge on any atom is 0.298 e. The number of rotatable bonds is 2. The molecule has 2 aromatic rings. The fourth-order valence-electron chi connectivity index (χ4n) is 1.98. The Morgan fingerprint density at radius 1 is 1.47 bits per heavy atom. The van der Waals surface area contributed by atoms with E-state index >= 15 is 0 Å². The SMILES string of the molecule is COc1cccc(-c2nc3n(c2N)CCO3)c1. The summed E-state index contributed by atoms with van der Waals surface area (Å²) in [6.45, 7) is 1.41. The Morgan fingerprint density at radius 3 is 3.12 bits per heavy atom. The first-order valence-corrected chi connectivity index (χ1v) is 5.43. The van der Waals surface area contributed by atoms with Crippen molar-refractivity contribution in [2.75, 3.05) is 19.5 Å². The van der Waals surface area contributed by atoms with Gasteiger partial charge in [-0.05, 0) is 12.1 Å². The average molecular weight is 231 g/mol. The van der Waals surface area contributed by atoms with Crippen LogP contribution in [-0.2, 0) is 6.54 Å². The molecule has 2 heterocycles. The lowest BCUT2D eigenvalue weighted by Crippen LogP contribution is -2.00. The van der Waals surface area contributed by atoms with Gasteiger partial charge in [0.05, 0.1) is 13.7 Å². The topological polar surface area (TPSA) is 62.3 Å². The second-order valence-electron chi connectivity index (χ2n) is 3.86. The minimum Gasteiger partial charge on any atom is -0.497 e. The molecule has 0 spiro atoms. The summed E-state index contributed by atoms with van der Waals surface area (Å²) in [6, 6.07) is 8.27. The number of nitrogens with zero attached hydrogens (tertiary/aromatic N) is 2. The van der Waals surface area contributed by atoms with Crippen LogP contribution in [0.15, 0.2) is 24.3 Å². The maximum atomic E-state index is 6.06. The van der Waals surface area contributed by atoms with Gasteiger partial charge in [0, 0.05) is 5.56 Å². The Kier molecular flexibility index (Phi) is 2.18. The number of anilines is 1. The largest absolute Gasteiger partial charge is 0.497 e. The highest BCUT2D eigenvalue weighted by Gasteiger charge is 2.21. The lowest BCUT2D eigenvalue weighted by atomic mass is 10.1. The second-order valence-corrected chi connectivity index (χ2v) is 3.86. The van der Waals surface area contributed by atoms with Crippen molar-refractivity contribution in [1.82, 2.24) is 9.55 Å². The van der Waals surface area contributed by atoms with E-state index in [9.17, 15) is 0 Å². The third-order valence-electron chi connectivity index (χ3n) is 2.86. The van der Waals surface area contributed by atoms with Crippen molar-refractivity contribution in [1.29, 1.82) is 0 Å². The van der Waals surface area contributed by atoms with Gasteiger partial charge in [0.1, 0.15) is 23.9 Å². The number of hydrogen-bond donors (Lipinski definition) is 1. The summed E-state index contributed by atoms with van der Waals surface area (Å²) in [7, 11) is 1.64. The van der Waals surface area contributed by atoms with Crippen LogP contribution < -0.4 is 15.2 Å². The summed E-state index contributed by atoms with van der Waals surface area (Å²) in [6.07, 6.45) is 0. The molecule has 1 aromatic carbocycles. The van der Waals surface area contributed by atoms with Crippen LogP contribution in [0.4, 0.5) is 5.82 Å². The predicted molar refractivity (Wildman–Crippen MR) is 64.1 cm³/mol. The van der Waals surface area contributed by atoms with Crippen LogP contribution in [0.2, 0.25) is 0 Å². The quantitative estimate of drug-likeness (QED) is 0.851. The van der Waals surface area contributed by atoms with Crippen molar-refractivity contribution in [3.8, 4) is 23.0 Å². The molecule has 5 heteroatoms. The third-order valence-corrected chi connectivity index (χ3v) is 2.86. The third kappa shape index (κ3) is 1.51. The molecule has 0 radical (unpaired) electrons. The predicted octanol–water partition coefficient (Wildman–Crippen LogP) is 1.53.